The summed E-state index contributed by atoms with van der Waals surface area (Å²) in [6.07, 6.45) is 3.82. The Bertz CT molecular complexity index is 1470. The van der Waals surface area contributed by atoms with Gasteiger partial charge in [0.15, 0.2) is 11.6 Å². The first kappa shape index (κ1) is 24.2. The Morgan fingerprint density at radius 1 is 1.03 bits per heavy atom. The number of fused-ring (bicyclic) bond motifs is 1. The van der Waals surface area contributed by atoms with Crippen LogP contribution in [0.15, 0.2) is 40.9 Å². The quantitative estimate of drug-likeness (QED) is 0.291. The largest absolute Gasteiger partial charge is 0.361 e. The van der Waals surface area contributed by atoms with Gasteiger partial charge in [0, 0.05) is 29.8 Å². The molecule has 2 saturated heterocycles. The highest BCUT2D eigenvalue weighted by molar-refractivity contribution is 7.99. The predicted molar refractivity (Wildman–Crippen MR) is 141 cm³/mol. The van der Waals surface area contributed by atoms with E-state index in [0.717, 1.165) is 82.3 Å². The number of rotatable bonds is 4. The molecule has 2 fully saturated rings. The van der Waals surface area contributed by atoms with Crippen molar-refractivity contribution in [2.45, 2.75) is 58.0 Å². The highest BCUT2D eigenvalue weighted by Gasteiger charge is 2.36. The molecule has 0 aliphatic carbocycles. The fourth-order valence-electron chi connectivity index (χ4n) is 5.80. The van der Waals surface area contributed by atoms with Crippen LogP contribution in [0.1, 0.15) is 61.5 Å². The molecule has 1 atom stereocenters. The van der Waals surface area contributed by atoms with E-state index in [1.807, 2.05) is 25.6 Å². The molecular formula is C28H28F2N4O2S. The third kappa shape index (κ3) is 4.23. The van der Waals surface area contributed by atoms with Crippen molar-refractivity contribution >= 4 is 34.4 Å². The normalized spacial score (nSPS) is 19.2. The zero-order valence-electron chi connectivity index (χ0n) is 20.8. The summed E-state index contributed by atoms with van der Waals surface area (Å²) in [7, 11) is 0. The van der Waals surface area contributed by atoms with Gasteiger partial charge in [-0.1, -0.05) is 11.2 Å². The highest BCUT2D eigenvalue weighted by Crippen LogP contribution is 2.41. The number of piperidine rings is 1. The Labute approximate surface area is 218 Å². The number of thioether (sulfide) groups is 1. The predicted octanol–water partition coefficient (Wildman–Crippen LogP) is 6.91. The molecule has 2 aromatic carbocycles. The number of imidazole rings is 1. The fraction of sp³-hybridized carbons (Fsp3) is 0.393. The second kappa shape index (κ2) is 9.59. The van der Waals surface area contributed by atoms with Gasteiger partial charge in [0.2, 0.25) is 5.91 Å². The first-order valence-electron chi connectivity index (χ1n) is 12.7. The molecule has 1 amide bonds. The van der Waals surface area contributed by atoms with E-state index in [1.165, 1.54) is 6.07 Å². The summed E-state index contributed by atoms with van der Waals surface area (Å²) in [4.78, 5) is 20.0. The number of carbonyl (C=O) groups excluding carboxylic acids is 1. The lowest BCUT2D eigenvalue weighted by atomic mass is 9.99. The molecule has 0 spiro atoms. The van der Waals surface area contributed by atoms with Crippen molar-refractivity contribution in [2.24, 2.45) is 0 Å². The molecule has 192 valence electrons. The number of halogens is 2. The molecular weight excluding hydrogens is 494 g/mol. The van der Waals surface area contributed by atoms with Crippen molar-refractivity contribution in [3.63, 3.8) is 0 Å². The minimum atomic E-state index is -0.962. The van der Waals surface area contributed by atoms with Crippen molar-refractivity contribution < 1.29 is 18.1 Å². The molecule has 6 nitrogen and oxygen atoms in total. The van der Waals surface area contributed by atoms with Gasteiger partial charge in [-0.05, 0) is 80.9 Å². The van der Waals surface area contributed by atoms with E-state index in [4.69, 9.17) is 9.51 Å². The minimum Gasteiger partial charge on any atom is -0.361 e. The molecule has 4 heterocycles. The summed E-state index contributed by atoms with van der Waals surface area (Å²) < 4.78 is 35.7. The van der Waals surface area contributed by atoms with Crippen LogP contribution >= 0.6 is 11.8 Å². The van der Waals surface area contributed by atoms with Crippen LogP contribution in [0.3, 0.4) is 0 Å². The Morgan fingerprint density at radius 3 is 2.57 bits per heavy atom. The van der Waals surface area contributed by atoms with Gasteiger partial charge in [-0.25, -0.2) is 13.8 Å². The lowest BCUT2D eigenvalue weighted by Gasteiger charge is -2.37. The summed E-state index contributed by atoms with van der Waals surface area (Å²) in [5, 5.41) is 4.10. The number of aryl methyl sites for hydroxylation is 2. The Kier molecular flexibility index (Phi) is 6.26. The fourth-order valence-corrected chi connectivity index (χ4v) is 6.89. The lowest BCUT2D eigenvalue weighted by Crippen LogP contribution is -2.40. The zero-order valence-corrected chi connectivity index (χ0v) is 21.7. The van der Waals surface area contributed by atoms with Crippen LogP contribution < -0.4 is 4.90 Å². The maximum atomic E-state index is 14.2. The van der Waals surface area contributed by atoms with Crippen LogP contribution in [-0.4, -0.2) is 32.1 Å². The van der Waals surface area contributed by atoms with Gasteiger partial charge in [0.25, 0.3) is 0 Å². The zero-order chi connectivity index (χ0) is 25.7. The van der Waals surface area contributed by atoms with E-state index in [1.54, 1.807) is 4.90 Å². The summed E-state index contributed by atoms with van der Waals surface area (Å²) in [5.41, 5.74) is 4.99. The number of aromatic nitrogens is 3. The second-order valence-corrected chi connectivity index (χ2v) is 11.1. The number of hydrogen-bond acceptors (Lipinski definition) is 5. The minimum absolute atomic E-state index is 0.100. The van der Waals surface area contributed by atoms with Crippen LogP contribution in [0.5, 0.6) is 0 Å². The van der Waals surface area contributed by atoms with E-state index in [-0.39, 0.29) is 18.0 Å². The topological polar surface area (TPSA) is 64.2 Å². The molecule has 0 saturated carbocycles. The summed E-state index contributed by atoms with van der Waals surface area (Å²) in [6.45, 7) is 3.82. The third-order valence-electron chi connectivity index (χ3n) is 7.52. The summed E-state index contributed by atoms with van der Waals surface area (Å²) in [5.74, 6) is 1.70. The molecule has 6 rings (SSSR count). The molecule has 9 heteroatoms. The van der Waals surface area contributed by atoms with Gasteiger partial charge in [0.05, 0.1) is 22.8 Å². The van der Waals surface area contributed by atoms with E-state index >= 15 is 0 Å². The monoisotopic (exact) mass is 522 g/mol. The molecule has 37 heavy (non-hydrogen) atoms. The molecule has 0 N–H and O–H groups in total. The Hall–Kier alpha value is -3.20. The van der Waals surface area contributed by atoms with Crippen LogP contribution in [0.2, 0.25) is 0 Å². The van der Waals surface area contributed by atoms with Crippen molar-refractivity contribution in [3.8, 4) is 11.1 Å². The van der Waals surface area contributed by atoms with E-state index in [2.05, 4.69) is 27.9 Å². The van der Waals surface area contributed by atoms with E-state index in [9.17, 15) is 13.6 Å². The maximum Gasteiger partial charge on any atom is 0.227 e. The number of hydrogen-bond donors (Lipinski definition) is 0. The summed E-state index contributed by atoms with van der Waals surface area (Å²) in [6, 6.07) is 9.81. The molecule has 2 aliphatic heterocycles. The number of carbonyl (C=O) groups is 1. The average Bonchev–Trinajstić information content (AvgIpc) is 3.44. The smallest absolute Gasteiger partial charge is 0.227 e. The van der Waals surface area contributed by atoms with Gasteiger partial charge < -0.3 is 14.0 Å². The van der Waals surface area contributed by atoms with Gasteiger partial charge in [-0.3, -0.25) is 4.79 Å². The second-order valence-electron chi connectivity index (χ2n) is 9.86. The number of anilines is 1. The van der Waals surface area contributed by atoms with Gasteiger partial charge >= 0.3 is 0 Å². The SMILES string of the molecule is Cc1noc(C)c1-c1ccc2c(c1)nc(C1CCCC(=O)N1c1ccc(F)c(F)c1)n2C1CCSCC1. The van der Waals surface area contributed by atoms with Gasteiger partial charge in [-0.15, -0.1) is 0 Å². The highest BCUT2D eigenvalue weighted by atomic mass is 32.2. The number of nitrogens with zero attached hydrogens (tertiary/aromatic N) is 4. The van der Waals surface area contributed by atoms with E-state index < -0.39 is 11.6 Å². The first-order valence-corrected chi connectivity index (χ1v) is 13.9. The van der Waals surface area contributed by atoms with Crippen molar-refractivity contribution in [2.75, 3.05) is 16.4 Å². The van der Waals surface area contributed by atoms with Gasteiger partial charge in [0.1, 0.15) is 11.6 Å². The Morgan fingerprint density at radius 2 is 1.84 bits per heavy atom. The third-order valence-corrected chi connectivity index (χ3v) is 8.57. The number of benzene rings is 2. The molecule has 0 bridgehead atoms. The van der Waals surface area contributed by atoms with Crippen LogP contribution in [0.4, 0.5) is 14.5 Å². The standard InChI is InChI=1S/C28H28F2N4O2S/c1-16-27(17(2)36-32-16)18-6-9-24-23(14-18)31-28(34(24)19-10-12-37-13-11-19)25-4-3-5-26(35)33(25)20-7-8-21(29)22(30)15-20/h6-9,14-15,19,25H,3-5,10-13H2,1-2H3. The molecule has 2 aliphatic rings. The van der Waals surface area contributed by atoms with Crippen molar-refractivity contribution in [1.29, 1.82) is 0 Å². The van der Waals surface area contributed by atoms with Crippen LogP contribution in [-0.2, 0) is 4.79 Å². The molecule has 4 aromatic rings. The maximum absolute atomic E-state index is 14.2. The average molecular weight is 523 g/mol. The lowest BCUT2D eigenvalue weighted by molar-refractivity contribution is -0.120. The van der Waals surface area contributed by atoms with Crippen LogP contribution in [0, 0.1) is 25.5 Å². The number of amides is 1. The molecule has 2 aromatic heterocycles. The van der Waals surface area contributed by atoms with Crippen LogP contribution in [0.25, 0.3) is 22.2 Å². The van der Waals surface area contributed by atoms with Gasteiger partial charge in [-0.2, -0.15) is 11.8 Å². The Balaban J connectivity index is 1.52. The van der Waals surface area contributed by atoms with Crippen molar-refractivity contribution in [1.82, 2.24) is 14.7 Å². The van der Waals surface area contributed by atoms with E-state index in [0.29, 0.717) is 18.5 Å². The first-order chi connectivity index (χ1) is 17.9. The molecule has 0 radical (unpaired) electrons. The van der Waals surface area contributed by atoms with Crippen molar-refractivity contribution in [3.05, 3.63) is 65.3 Å². The molecule has 1 unspecified atom stereocenters. The summed E-state index contributed by atoms with van der Waals surface area (Å²) >= 11 is 1.95.